The fourth-order valence-electron chi connectivity index (χ4n) is 3.35. The predicted octanol–water partition coefficient (Wildman–Crippen LogP) is 2.34. The summed E-state index contributed by atoms with van der Waals surface area (Å²) >= 11 is 6.03. The van der Waals surface area contributed by atoms with Gasteiger partial charge < -0.3 is 15.6 Å². The van der Waals surface area contributed by atoms with E-state index in [2.05, 4.69) is 10.2 Å². The molecule has 0 aromatic heterocycles. The lowest BCUT2D eigenvalue weighted by Crippen LogP contribution is -2.64. The van der Waals surface area contributed by atoms with Crippen LogP contribution in [0.4, 0.5) is 5.69 Å². The Hall–Kier alpha value is -1.39. The smallest absolute Gasteiger partial charge is 0.152 e. The number of anilines is 1. The van der Waals surface area contributed by atoms with Crippen LogP contribution in [0.15, 0.2) is 12.1 Å². The van der Waals surface area contributed by atoms with Crippen molar-refractivity contribution in [2.24, 2.45) is 5.41 Å². The second kappa shape index (κ2) is 4.86. The summed E-state index contributed by atoms with van der Waals surface area (Å²) in [4.78, 5) is 13.4. The van der Waals surface area contributed by atoms with Gasteiger partial charge in [0.25, 0.3) is 0 Å². The molecule has 0 atom stereocenters. The normalized spacial score (nSPS) is 20.1. The first-order valence-corrected chi connectivity index (χ1v) is 7.20. The van der Waals surface area contributed by atoms with Crippen molar-refractivity contribution in [2.45, 2.75) is 18.9 Å². The number of carbonyl (C=O) groups is 1. The van der Waals surface area contributed by atoms with Gasteiger partial charge >= 0.3 is 0 Å². The zero-order valence-electron chi connectivity index (χ0n) is 11.4. The molecule has 1 saturated carbocycles. The Morgan fingerprint density at radius 3 is 2.60 bits per heavy atom. The molecule has 5 heteroatoms. The number of nitrogens with one attached hydrogen (secondary N) is 2. The van der Waals surface area contributed by atoms with Gasteiger partial charge in [0.05, 0.1) is 5.02 Å². The summed E-state index contributed by atoms with van der Waals surface area (Å²) < 4.78 is 0. The molecule has 2 N–H and O–H groups in total. The zero-order valence-corrected chi connectivity index (χ0v) is 12.2. The minimum atomic E-state index is 0.406. The topological polar surface area (TPSA) is 56.2 Å². The Bertz CT molecular complexity index is 560. The van der Waals surface area contributed by atoms with E-state index in [0.29, 0.717) is 27.6 Å². The third-order valence-electron chi connectivity index (χ3n) is 4.74. The molecule has 3 rings (SSSR count). The van der Waals surface area contributed by atoms with E-state index in [1.165, 1.54) is 19.1 Å². The van der Waals surface area contributed by atoms with Crippen molar-refractivity contribution in [3.05, 3.63) is 28.3 Å². The number of hydrogen-bond donors (Lipinski definition) is 2. The van der Waals surface area contributed by atoms with Gasteiger partial charge in [0, 0.05) is 49.2 Å². The molecule has 1 aliphatic carbocycles. The predicted molar refractivity (Wildman–Crippen MR) is 81.5 cm³/mol. The summed E-state index contributed by atoms with van der Waals surface area (Å²) in [6.45, 7) is 2.24. The third kappa shape index (κ3) is 1.95. The first-order valence-electron chi connectivity index (χ1n) is 6.82. The highest BCUT2D eigenvalue weighted by atomic mass is 35.5. The fourth-order valence-corrected chi connectivity index (χ4v) is 3.56. The molecule has 1 saturated heterocycles. The monoisotopic (exact) mass is 291 g/mol. The molecule has 1 aromatic carbocycles. The molecule has 106 valence electrons. The van der Waals surface area contributed by atoms with E-state index < -0.39 is 0 Å². The van der Waals surface area contributed by atoms with Gasteiger partial charge in [-0.1, -0.05) is 11.6 Å². The van der Waals surface area contributed by atoms with E-state index in [0.717, 1.165) is 25.1 Å². The molecule has 2 aliphatic rings. The van der Waals surface area contributed by atoms with Gasteiger partial charge in [0.15, 0.2) is 6.29 Å². The molecule has 1 spiro atoms. The van der Waals surface area contributed by atoms with Crippen LogP contribution in [0.25, 0.3) is 0 Å². The van der Waals surface area contributed by atoms with E-state index in [-0.39, 0.29) is 0 Å². The Morgan fingerprint density at radius 2 is 2.10 bits per heavy atom. The highest BCUT2D eigenvalue weighted by molar-refractivity contribution is 6.33. The highest BCUT2D eigenvalue weighted by Crippen LogP contribution is 2.47. The van der Waals surface area contributed by atoms with Crippen molar-refractivity contribution in [3.8, 4) is 0 Å². The molecular weight excluding hydrogens is 274 g/mol. The van der Waals surface area contributed by atoms with Gasteiger partial charge in [-0.25, -0.2) is 0 Å². The molecule has 0 unspecified atom stereocenters. The number of benzene rings is 1. The van der Waals surface area contributed by atoms with Crippen molar-refractivity contribution in [2.75, 3.05) is 25.0 Å². The third-order valence-corrected chi connectivity index (χ3v) is 5.07. The van der Waals surface area contributed by atoms with E-state index in [4.69, 9.17) is 17.0 Å². The van der Waals surface area contributed by atoms with Crippen LogP contribution >= 0.6 is 11.6 Å². The molecule has 0 radical (unpaired) electrons. The van der Waals surface area contributed by atoms with Gasteiger partial charge in [-0.3, -0.25) is 4.79 Å². The summed E-state index contributed by atoms with van der Waals surface area (Å²) in [6.07, 6.45) is 4.30. The summed E-state index contributed by atoms with van der Waals surface area (Å²) in [7, 11) is 2.04. The quantitative estimate of drug-likeness (QED) is 0.661. The molecule has 1 heterocycles. The number of halogens is 1. The summed E-state index contributed by atoms with van der Waals surface area (Å²) in [5.41, 5.74) is 2.44. The van der Waals surface area contributed by atoms with E-state index in [9.17, 15) is 4.79 Å². The molecule has 0 bridgehead atoms. The Morgan fingerprint density at radius 1 is 1.40 bits per heavy atom. The van der Waals surface area contributed by atoms with Crippen LogP contribution in [-0.2, 0) is 0 Å². The van der Waals surface area contributed by atoms with Gasteiger partial charge in [-0.05, 0) is 30.4 Å². The van der Waals surface area contributed by atoms with Crippen LogP contribution in [0.5, 0.6) is 0 Å². The van der Waals surface area contributed by atoms with Gasteiger partial charge in [0.1, 0.15) is 0 Å². The maximum absolute atomic E-state index is 11.2. The van der Waals surface area contributed by atoms with Gasteiger partial charge in [-0.2, -0.15) is 0 Å². The minimum Gasteiger partial charge on any atom is -0.371 e. The largest absolute Gasteiger partial charge is 0.371 e. The average molecular weight is 292 g/mol. The number of nitrogens with zero attached hydrogens (tertiary/aromatic N) is 1. The van der Waals surface area contributed by atoms with Crippen molar-refractivity contribution in [1.82, 2.24) is 5.32 Å². The molecule has 0 amide bonds. The maximum atomic E-state index is 11.2. The van der Waals surface area contributed by atoms with Crippen LogP contribution in [-0.4, -0.2) is 38.7 Å². The Kier molecular flexibility index (Phi) is 3.30. The molecule has 20 heavy (non-hydrogen) atoms. The number of hydrogen-bond acceptors (Lipinski definition) is 4. The molecule has 2 fully saturated rings. The Balaban J connectivity index is 1.86. The first kappa shape index (κ1) is 13.6. The number of carbonyl (C=O) groups excluding carboxylic acids is 1. The second-order valence-corrected chi connectivity index (χ2v) is 6.34. The number of aldehydes is 1. The highest BCUT2D eigenvalue weighted by Gasteiger charge is 2.49. The number of rotatable bonds is 4. The molecular formula is C15H18ClN3O. The second-order valence-electron chi connectivity index (χ2n) is 5.93. The van der Waals surface area contributed by atoms with Crippen molar-refractivity contribution in [3.63, 3.8) is 0 Å². The van der Waals surface area contributed by atoms with Gasteiger partial charge in [-0.15, -0.1) is 0 Å². The Labute approximate surface area is 123 Å². The SMILES string of the molecule is CN(c1ccc(Cl)c(C=O)c1C=N)C1CC2(CNC2)C1. The first-order chi connectivity index (χ1) is 9.60. The standard InChI is InChI=1S/C15H18ClN3O/c1-19(10-4-15(5-10)8-18-9-15)14-3-2-13(16)12(7-20)11(14)6-17/h2-3,6-7,10,17-18H,4-5,8-9H2,1H3. The van der Waals surface area contributed by atoms with Crippen LogP contribution in [0.2, 0.25) is 5.02 Å². The molecule has 1 aliphatic heterocycles. The van der Waals surface area contributed by atoms with E-state index in [1.54, 1.807) is 6.07 Å². The van der Waals surface area contributed by atoms with Crippen molar-refractivity contribution >= 4 is 29.8 Å². The van der Waals surface area contributed by atoms with Gasteiger partial charge in [0.2, 0.25) is 0 Å². The van der Waals surface area contributed by atoms with E-state index in [1.807, 2.05) is 13.1 Å². The lowest BCUT2D eigenvalue weighted by molar-refractivity contribution is 0.0373. The van der Waals surface area contributed by atoms with Crippen molar-refractivity contribution < 1.29 is 4.79 Å². The lowest BCUT2D eigenvalue weighted by atomic mass is 9.61. The molecule has 1 aromatic rings. The average Bonchev–Trinajstić information content (AvgIpc) is 2.34. The van der Waals surface area contributed by atoms with Crippen LogP contribution in [0.3, 0.4) is 0 Å². The molecule has 4 nitrogen and oxygen atoms in total. The van der Waals surface area contributed by atoms with Crippen LogP contribution in [0, 0.1) is 10.8 Å². The van der Waals surface area contributed by atoms with E-state index >= 15 is 0 Å². The van der Waals surface area contributed by atoms with Crippen molar-refractivity contribution in [1.29, 1.82) is 5.41 Å². The maximum Gasteiger partial charge on any atom is 0.152 e. The minimum absolute atomic E-state index is 0.406. The van der Waals surface area contributed by atoms with Crippen LogP contribution < -0.4 is 10.2 Å². The lowest BCUT2D eigenvalue weighted by Gasteiger charge is -2.57. The summed E-state index contributed by atoms with van der Waals surface area (Å²) in [5.74, 6) is 0. The zero-order chi connectivity index (χ0) is 14.3. The fraction of sp³-hybridized carbons (Fsp3) is 0.467. The van der Waals surface area contributed by atoms with Crippen LogP contribution in [0.1, 0.15) is 28.8 Å². The summed E-state index contributed by atoms with van der Waals surface area (Å²) in [6, 6.07) is 4.12. The summed E-state index contributed by atoms with van der Waals surface area (Å²) in [5, 5.41) is 11.3.